The number of rotatable bonds is 8. The molecular weight excluding hydrogens is 495 g/mol. The molecule has 3 aromatic rings. The first-order valence-corrected chi connectivity index (χ1v) is 13.3. The van der Waals surface area contributed by atoms with Crippen molar-refractivity contribution in [3.05, 3.63) is 51.9 Å². The van der Waals surface area contributed by atoms with Gasteiger partial charge in [0, 0.05) is 30.4 Å². The maximum atomic E-state index is 15.5. The molecule has 0 saturated carbocycles. The summed E-state index contributed by atoms with van der Waals surface area (Å²) < 4.78 is 23.4. The molecule has 200 valence electrons. The van der Waals surface area contributed by atoms with Crippen molar-refractivity contribution in [1.29, 1.82) is 0 Å². The third-order valence-corrected chi connectivity index (χ3v) is 7.40. The van der Waals surface area contributed by atoms with Crippen LogP contribution in [0.1, 0.15) is 73.9 Å². The molecule has 2 aromatic heterocycles. The van der Waals surface area contributed by atoms with Gasteiger partial charge in [0.15, 0.2) is 5.82 Å². The largest absolute Gasteiger partial charge is 0.490 e. The van der Waals surface area contributed by atoms with Crippen LogP contribution in [0.4, 0.5) is 10.2 Å². The molecule has 10 heteroatoms. The lowest BCUT2D eigenvalue weighted by Crippen LogP contribution is -2.38. The summed E-state index contributed by atoms with van der Waals surface area (Å²) in [6, 6.07) is 1.53. The van der Waals surface area contributed by atoms with Crippen LogP contribution < -0.4 is 15.8 Å². The topological polar surface area (TPSA) is 97.8 Å². The van der Waals surface area contributed by atoms with Gasteiger partial charge in [0.05, 0.1) is 16.8 Å². The van der Waals surface area contributed by atoms with Crippen molar-refractivity contribution in [2.45, 2.75) is 59.5 Å². The number of halogens is 2. The lowest BCUT2D eigenvalue weighted by Gasteiger charge is -2.31. The van der Waals surface area contributed by atoms with Gasteiger partial charge >= 0.3 is 0 Å². The van der Waals surface area contributed by atoms with Crippen molar-refractivity contribution < 1.29 is 13.9 Å². The van der Waals surface area contributed by atoms with Gasteiger partial charge in [-0.05, 0) is 65.2 Å². The molecule has 1 fully saturated rings. The number of nitrogens with two attached hydrogens (primary N) is 1. The number of fused-ring (bicyclic) bond motifs is 1. The molecule has 0 spiro atoms. The molecule has 1 aromatic carbocycles. The van der Waals surface area contributed by atoms with Crippen LogP contribution in [0.3, 0.4) is 0 Å². The molecular formula is C27H36ClFN6O2. The number of carbonyl (C=O) groups excluding carboxylic acids is 1. The molecule has 1 atom stereocenters. The normalized spacial score (nSPS) is 15.9. The minimum absolute atomic E-state index is 0.141. The van der Waals surface area contributed by atoms with E-state index < -0.39 is 11.7 Å². The van der Waals surface area contributed by atoms with Gasteiger partial charge in [-0.15, -0.1) is 0 Å². The van der Waals surface area contributed by atoms with E-state index in [2.05, 4.69) is 22.1 Å². The highest BCUT2D eigenvalue weighted by molar-refractivity contribution is 6.31. The zero-order valence-electron chi connectivity index (χ0n) is 22.1. The predicted octanol–water partition coefficient (Wildman–Crippen LogP) is 4.81. The molecule has 3 N–H and O–H groups in total. The summed E-state index contributed by atoms with van der Waals surface area (Å²) in [6.07, 6.45) is 5.08. The maximum absolute atomic E-state index is 15.5. The van der Waals surface area contributed by atoms with Crippen molar-refractivity contribution in [3.63, 3.8) is 0 Å². The third-order valence-electron chi connectivity index (χ3n) is 7.13. The third kappa shape index (κ3) is 5.52. The number of aryl methyl sites for hydroxylation is 1. The minimum atomic E-state index is -0.788. The van der Waals surface area contributed by atoms with Gasteiger partial charge in [-0.1, -0.05) is 25.4 Å². The Labute approximate surface area is 222 Å². The Balaban J connectivity index is 1.71. The van der Waals surface area contributed by atoms with E-state index >= 15 is 4.39 Å². The van der Waals surface area contributed by atoms with E-state index in [0.29, 0.717) is 35.2 Å². The zero-order chi connectivity index (χ0) is 26.9. The van der Waals surface area contributed by atoms with Crippen LogP contribution in [0.25, 0.3) is 5.52 Å². The summed E-state index contributed by atoms with van der Waals surface area (Å²) in [5, 5.41) is 2.81. The van der Waals surface area contributed by atoms with Crippen molar-refractivity contribution in [1.82, 2.24) is 24.6 Å². The van der Waals surface area contributed by atoms with Gasteiger partial charge in [0.25, 0.3) is 5.91 Å². The van der Waals surface area contributed by atoms with Crippen molar-refractivity contribution >= 4 is 28.8 Å². The number of anilines is 1. The second-order valence-corrected chi connectivity index (χ2v) is 10.4. The summed E-state index contributed by atoms with van der Waals surface area (Å²) in [5.41, 5.74) is 7.93. The second-order valence-electron chi connectivity index (χ2n) is 10.0. The summed E-state index contributed by atoms with van der Waals surface area (Å²) in [4.78, 5) is 24.7. The van der Waals surface area contributed by atoms with E-state index in [0.717, 1.165) is 38.2 Å². The van der Waals surface area contributed by atoms with Gasteiger partial charge in [0.2, 0.25) is 0 Å². The van der Waals surface area contributed by atoms with E-state index in [1.165, 1.54) is 6.07 Å². The number of benzene rings is 1. The molecule has 1 aliphatic heterocycles. The Morgan fingerprint density at radius 3 is 2.68 bits per heavy atom. The first-order valence-electron chi connectivity index (χ1n) is 12.9. The van der Waals surface area contributed by atoms with Gasteiger partial charge < -0.3 is 20.7 Å². The number of carbonyl (C=O) groups is 1. The predicted molar refractivity (Wildman–Crippen MR) is 144 cm³/mol. The molecule has 1 saturated heterocycles. The Morgan fingerprint density at radius 1 is 1.32 bits per heavy atom. The average Bonchev–Trinajstić information content (AvgIpc) is 3.22. The second kappa shape index (κ2) is 11.2. The van der Waals surface area contributed by atoms with Gasteiger partial charge in [-0.25, -0.2) is 14.4 Å². The Hall–Kier alpha value is -2.91. The van der Waals surface area contributed by atoms with Crippen LogP contribution in [-0.4, -0.2) is 57.5 Å². The van der Waals surface area contributed by atoms with Gasteiger partial charge in [-0.3, -0.25) is 9.20 Å². The fourth-order valence-corrected chi connectivity index (χ4v) is 5.27. The summed E-state index contributed by atoms with van der Waals surface area (Å²) in [6.45, 7) is 13.1. The molecule has 1 aliphatic rings. The minimum Gasteiger partial charge on any atom is -0.490 e. The van der Waals surface area contributed by atoms with Crippen LogP contribution in [0.15, 0.2) is 18.5 Å². The van der Waals surface area contributed by atoms with Gasteiger partial charge in [0.1, 0.15) is 28.5 Å². The number of aromatic nitrogens is 3. The highest BCUT2D eigenvalue weighted by Gasteiger charge is 2.30. The van der Waals surface area contributed by atoms with Crippen LogP contribution in [0.2, 0.25) is 5.02 Å². The Bertz CT molecular complexity index is 1290. The molecule has 0 radical (unpaired) electrons. The Kier molecular flexibility index (Phi) is 8.23. The first-order chi connectivity index (χ1) is 17.6. The number of piperidine rings is 1. The van der Waals surface area contributed by atoms with Crippen molar-refractivity contribution in [2.75, 3.05) is 31.9 Å². The molecule has 3 heterocycles. The number of amides is 1. The van der Waals surface area contributed by atoms with E-state index in [9.17, 15) is 4.79 Å². The summed E-state index contributed by atoms with van der Waals surface area (Å²) in [5.74, 6) is -0.151. The molecule has 0 aliphatic carbocycles. The molecule has 37 heavy (non-hydrogen) atoms. The van der Waals surface area contributed by atoms with E-state index in [1.54, 1.807) is 12.4 Å². The van der Waals surface area contributed by atoms with Crippen molar-refractivity contribution in [3.8, 4) is 5.75 Å². The number of nitrogens with zero attached hydrogens (tertiary/aromatic N) is 4. The first kappa shape index (κ1) is 27.1. The smallest absolute Gasteiger partial charge is 0.258 e. The number of hydrogen-bond donors (Lipinski definition) is 2. The monoisotopic (exact) mass is 530 g/mol. The maximum Gasteiger partial charge on any atom is 0.258 e. The van der Waals surface area contributed by atoms with Crippen LogP contribution in [-0.2, 0) is 0 Å². The standard InChI is InChI=1S/C27H36ClFN6O2/c1-6-34-10-7-18(8-11-34)14-32-27(36)21-22(29)20(28)13-19(24(21)37-15(2)3)16(4)26-33-17(5)23-25(30)31-9-12-35(23)26/h9,12-13,15-16,18H,6-8,10-11,14H2,1-5H3,(H2,30,31)(H,32,36). The van der Waals surface area contributed by atoms with E-state index in [-0.39, 0.29) is 28.4 Å². The number of likely N-dealkylation sites (tertiary alicyclic amines) is 1. The molecule has 4 rings (SSSR count). The molecule has 0 bridgehead atoms. The Morgan fingerprint density at radius 2 is 2.03 bits per heavy atom. The number of ether oxygens (including phenoxy) is 1. The summed E-state index contributed by atoms with van der Waals surface area (Å²) in [7, 11) is 0. The average molecular weight is 531 g/mol. The van der Waals surface area contributed by atoms with Crippen LogP contribution in [0.5, 0.6) is 5.75 Å². The fraction of sp³-hybridized carbons (Fsp3) is 0.519. The lowest BCUT2D eigenvalue weighted by molar-refractivity contribution is 0.0926. The number of hydrogen-bond acceptors (Lipinski definition) is 6. The zero-order valence-corrected chi connectivity index (χ0v) is 22.9. The number of nitrogens with one attached hydrogen (secondary N) is 1. The SMILES string of the molecule is CCN1CCC(CNC(=O)c2c(F)c(Cl)cc(C(C)c3nc(C)c4c(N)nccn34)c2OC(C)C)CC1. The van der Waals surface area contributed by atoms with Crippen LogP contribution >= 0.6 is 11.6 Å². The molecule has 1 amide bonds. The number of nitrogen functional groups attached to an aromatic ring is 1. The lowest BCUT2D eigenvalue weighted by atomic mass is 9.94. The van der Waals surface area contributed by atoms with Gasteiger partial charge in [-0.2, -0.15) is 0 Å². The van der Waals surface area contributed by atoms with E-state index in [1.807, 2.05) is 32.1 Å². The van der Waals surface area contributed by atoms with Crippen LogP contribution in [0, 0.1) is 18.7 Å². The van der Waals surface area contributed by atoms with Crippen molar-refractivity contribution in [2.24, 2.45) is 5.92 Å². The highest BCUT2D eigenvalue weighted by Crippen LogP contribution is 2.40. The molecule has 8 nitrogen and oxygen atoms in total. The van der Waals surface area contributed by atoms with E-state index in [4.69, 9.17) is 27.1 Å². The quantitative estimate of drug-likeness (QED) is 0.433. The fourth-order valence-electron chi connectivity index (χ4n) is 5.06. The highest BCUT2D eigenvalue weighted by atomic mass is 35.5. The number of imidazole rings is 1. The molecule has 1 unspecified atom stereocenters. The summed E-state index contributed by atoms with van der Waals surface area (Å²) >= 11 is 6.36.